The van der Waals surface area contributed by atoms with Crippen LogP contribution in [0.4, 0.5) is 4.39 Å². The smallest absolute Gasteiger partial charge is 0.207 e. The van der Waals surface area contributed by atoms with E-state index in [2.05, 4.69) is 15.3 Å². The van der Waals surface area contributed by atoms with Gasteiger partial charge in [0.1, 0.15) is 10.8 Å². The summed E-state index contributed by atoms with van der Waals surface area (Å²) in [5, 5.41) is 13.8. The van der Waals surface area contributed by atoms with E-state index in [1.54, 1.807) is 16.6 Å². The lowest BCUT2D eigenvalue weighted by Crippen LogP contribution is -1.97. The van der Waals surface area contributed by atoms with Crippen LogP contribution in [0.15, 0.2) is 54.6 Å². The Labute approximate surface area is 141 Å². The molecular formula is C18H13FN4S. The lowest BCUT2D eigenvalue weighted by atomic mass is 10.1. The highest BCUT2D eigenvalue weighted by atomic mass is 32.1. The predicted octanol–water partition coefficient (Wildman–Crippen LogP) is 4.09. The normalized spacial score (nSPS) is 11.5. The summed E-state index contributed by atoms with van der Waals surface area (Å²) in [6.07, 6.45) is 4.55. The average molecular weight is 336 g/mol. The molecule has 0 atom stereocenters. The molecule has 4 aromatic rings. The molecule has 0 unspecified atom stereocenters. The fourth-order valence-corrected chi connectivity index (χ4v) is 3.13. The first kappa shape index (κ1) is 14.7. The molecule has 2 aromatic carbocycles. The van der Waals surface area contributed by atoms with Gasteiger partial charge in [-0.1, -0.05) is 59.9 Å². The van der Waals surface area contributed by atoms with Crippen LogP contribution in [0.5, 0.6) is 0 Å². The summed E-state index contributed by atoms with van der Waals surface area (Å²) < 4.78 is 14.7. The van der Waals surface area contributed by atoms with Crippen molar-refractivity contribution in [3.63, 3.8) is 0 Å². The van der Waals surface area contributed by atoms with Gasteiger partial charge in [-0.05, 0) is 29.3 Å². The fraction of sp³-hybridized carbons (Fsp3) is 0.0556. The topological polar surface area (TPSA) is 43.1 Å². The molecule has 0 aliphatic carbocycles. The number of halogens is 1. The first-order valence-electron chi connectivity index (χ1n) is 7.47. The van der Waals surface area contributed by atoms with E-state index in [1.165, 1.54) is 23.5 Å². The van der Waals surface area contributed by atoms with Crippen LogP contribution < -0.4 is 0 Å². The van der Waals surface area contributed by atoms with E-state index in [0.717, 1.165) is 26.9 Å². The number of aromatic nitrogens is 4. The van der Waals surface area contributed by atoms with Gasteiger partial charge in [0.15, 0.2) is 5.82 Å². The maximum Gasteiger partial charge on any atom is 0.234 e. The van der Waals surface area contributed by atoms with E-state index in [-0.39, 0.29) is 5.82 Å². The quantitative estimate of drug-likeness (QED) is 0.564. The molecule has 4 nitrogen and oxygen atoms in total. The molecule has 0 bridgehead atoms. The van der Waals surface area contributed by atoms with Gasteiger partial charge in [0.05, 0.1) is 0 Å². The lowest BCUT2D eigenvalue weighted by molar-refractivity contribution is 0.627. The van der Waals surface area contributed by atoms with Gasteiger partial charge in [-0.15, -0.1) is 10.2 Å². The van der Waals surface area contributed by atoms with Crippen molar-refractivity contribution >= 4 is 28.4 Å². The summed E-state index contributed by atoms with van der Waals surface area (Å²) in [6.45, 7) is 0. The fourth-order valence-electron chi connectivity index (χ4n) is 2.37. The molecule has 0 N–H and O–H groups in total. The summed E-state index contributed by atoms with van der Waals surface area (Å²) >= 11 is 1.48. The second-order valence-corrected chi connectivity index (χ2v) is 6.29. The largest absolute Gasteiger partial charge is 0.234 e. The second-order valence-electron chi connectivity index (χ2n) is 5.30. The van der Waals surface area contributed by atoms with Crippen LogP contribution >= 0.6 is 11.3 Å². The molecule has 0 radical (unpaired) electrons. The zero-order valence-electron chi connectivity index (χ0n) is 12.6. The molecule has 2 aromatic heterocycles. The molecule has 0 saturated carbocycles. The summed E-state index contributed by atoms with van der Waals surface area (Å²) in [5.41, 5.74) is 2.09. The minimum absolute atomic E-state index is 0.243. The number of hydrogen-bond donors (Lipinski definition) is 0. The van der Waals surface area contributed by atoms with E-state index in [1.807, 2.05) is 42.5 Å². The van der Waals surface area contributed by atoms with E-state index < -0.39 is 0 Å². The monoisotopic (exact) mass is 336 g/mol. The van der Waals surface area contributed by atoms with E-state index >= 15 is 0 Å². The molecule has 118 valence electrons. The van der Waals surface area contributed by atoms with Gasteiger partial charge in [-0.3, -0.25) is 0 Å². The third kappa shape index (κ3) is 3.09. The molecule has 0 spiro atoms. The Bertz CT molecular complexity index is 987. The van der Waals surface area contributed by atoms with Crippen molar-refractivity contribution in [1.29, 1.82) is 0 Å². The van der Waals surface area contributed by atoms with Crippen LogP contribution in [-0.4, -0.2) is 19.8 Å². The molecule has 2 heterocycles. The number of benzene rings is 2. The molecule has 6 heteroatoms. The van der Waals surface area contributed by atoms with Crippen LogP contribution in [0.1, 0.15) is 22.0 Å². The van der Waals surface area contributed by atoms with Crippen molar-refractivity contribution in [2.24, 2.45) is 0 Å². The van der Waals surface area contributed by atoms with Gasteiger partial charge in [0.25, 0.3) is 0 Å². The third-order valence-corrected chi connectivity index (χ3v) is 4.43. The van der Waals surface area contributed by atoms with Gasteiger partial charge < -0.3 is 0 Å². The van der Waals surface area contributed by atoms with Crippen LogP contribution in [0.2, 0.25) is 0 Å². The number of hydrogen-bond acceptors (Lipinski definition) is 4. The van der Waals surface area contributed by atoms with E-state index in [9.17, 15) is 4.39 Å². The molecule has 0 amide bonds. The van der Waals surface area contributed by atoms with Gasteiger partial charge in [0, 0.05) is 6.42 Å². The van der Waals surface area contributed by atoms with Crippen LogP contribution in [0.3, 0.4) is 0 Å². The minimum atomic E-state index is -0.243. The van der Waals surface area contributed by atoms with Crippen LogP contribution in [0.25, 0.3) is 17.1 Å². The Balaban J connectivity index is 1.59. The second kappa shape index (κ2) is 6.33. The SMILES string of the molecule is Fc1ccc(Cc2nnc3sc(/C=C\c4ccccc4)nn23)cc1. The summed E-state index contributed by atoms with van der Waals surface area (Å²) in [7, 11) is 0. The van der Waals surface area contributed by atoms with Gasteiger partial charge >= 0.3 is 0 Å². The Kier molecular flexibility index (Phi) is 3.88. The van der Waals surface area contributed by atoms with Gasteiger partial charge in [0.2, 0.25) is 4.96 Å². The maximum atomic E-state index is 13.0. The van der Waals surface area contributed by atoms with E-state index in [4.69, 9.17) is 0 Å². The molecule has 4 rings (SSSR count). The van der Waals surface area contributed by atoms with Gasteiger partial charge in [-0.2, -0.15) is 9.61 Å². The molecule has 0 fully saturated rings. The van der Waals surface area contributed by atoms with Crippen molar-refractivity contribution in [3.05, 3.63) is 82.4 Å². The summed E-state index contributed by atoms with van der Waals surface area (Å²) in [5.74, 6) is 0.499. The summed E-state index contributed by atoms with van der Waals surface area (Å²) in [6, 6.07) is 16.5. The Morgan fingerprint density at radius 1 is 0.958 bits per heavy atom. The van der Waals surface area contributed by atoms with Crippen molar-refractivity contribution in [3.8, 4) is 0 Å². The van der Waals surface area contributed by atoms with Crippen molar-refractivity contribution in [2.45, 2.75) is 6.42 Å². The predicted molar refractivity (Wildman–Crippen MR) is 93.2 cm³/mol. The maximum absolute atomic E-state index is 13.0. The van der Waals surface area contributed by atoms with Crippen molar-refractivity contribution in [1.82, 2.24) is 19.8 Å². The molecule has 0 aliphatic rings. The zero-order valence-corrected chi connectivity index (χ0v) is 13.4. The zero-order chi connectivity index (χ0) is 16.4. The average Bonchev–Trinajstić information content (AvgIpc) is 3.17. The molecule has 24 heavy (non-hydrogen) atoms. The van der Waals surface area contributed by atoms with Gasteiger partial charge in [-0.25, -0.2) is 4.39 Å². The highest BCUT2D eigenvalue weighted by Crippen LogP contribution is 2.18. The first-order chi connectivity index (χ1) is 11.8. The Morgan fingerprint density at radius 3 is 2.54 bits per heavy atom. The summed E-state index contributed by atoms with van der Waals surface area (Å²) in [4.78, 5) is 0.750. The third-order valence-electron chi connectivity index (χ3n) is 3.56. The molecular weight excluding hydrogens is 323 g/mol. The van der Waals surface area contributed by atoms with Crippen molar-refractivity contribution < 1.29 is 4.39 Å². The molecule has 0 aliphatic heterocycles. The highest BCUT2D eigenvalue weighted by Gasteiger charge is 2.11. The first-order valence-corrected chi connectivity index (χ1v) is 8.28. The Morgan fingerprint density at radius 2 is 1.75 bits per heavy atom. The Hall–Kier alpha value is -2.86. The number of fused-ring (bicyclic) bond motifs is 1. The standard InChI is InChI=1S/C18H13FN4S/c19-15-9-6-14(7-10-15)12-16-20-21-18-23(16)22-17(24-18)11-8-13-4-2-1-3-5-13/h1-11H,12H2/b11-8-. The number of nitrogens with zero attached hydrogens (tertiary/aromatic N) is 4. The van der Waals surface area contributed by atoms with Crippen LogP contribution in [-0.2, 0) is 6.42 Å². The van der Waals surface area contributed by atoms with E-state index in [0.29, 0.717) is 6.42 Å². The van der Waals surface area contributed by atoms with Crippen LogP contribution in [0, 0.1) is 5.82 Å². The minimum Gasteiger partial charge on any atom is -0.207 e. The van der Waals surface area contributed by atoms with Crippen molar-refractivity contribution in [2.75, 3.05) is 0 Å². The highest BCUT2D eigenvalue weighted by molar-refractivity contribution is 7.17. The molecule has 0 saturated heterocycles. The lowest BCUT2D eigenvalue weighted by Gasteiger charge is -1.98. The number of rotatable bonds is 4.